The normalized spacial score (nSPS) is 22.6. The summed E-state index contributed by atoms with van der Waals surface area (Å²) in [6.07, 6.45) is 2.02. The molecule has 7 nitrogen and oxygen atoms in total. The first-order chi connectivity index (χ1) is 8.90. The minimum Gasteiger partial charge on any atom is -0.846 e. The van der Waals surface area contributed by atoms with E-state index in [1.54, 1.807) is 6.92 Å². The number of carbonyl (C=O) groups is 2. The van der Waals surface area contributed by atoms with Gasteiger partial charge in [0.25, 0.3) is 5.91 Å². The molecule has 0 spiro atoms. The molecule has 0 aromatic heterocycles. The smallest absolute Gasteiger partial charge is 0.846 e. The van der Waals surface area contributed by atoms with Crippen molar-refractivity contribution in [2.75, 3.05) is 0 Å². The third kappa shape index (κ3) is 4.85. The van der Waals surface area contributed by atoms with Crippen molar-refractivity contribution < 1.29 is 54.3 Å². The maximum atomic E-state index is 11.9. The van der Waals surface area contributed by atoms with Gasteiger partial charge in [-0.15, -0.1) is 0 Å². The third-order valence-corrected chi connectivity index (χ3v) is 3.33. The fourth-order valence-corrected chi connectivity index (χ4v) is 2.30. The molecule has 1 heterocycles. The monoisotopic (exact) mass is 294 g/mol. The predicted molar refractivity (Wildman–Crippen MR) is 69.0 cm³/mol. The van der Waals surface area contributed by atoms with Gasteiger partial charge in [-0.25, -0.2) is 4.99 Å². The Bertz CT molecular complexity index is 367. The number of amides is 2. The number of carbonyl (C=O) groups excluding carboxylic acids is 2. The molecule has 0 radical (unpaired) electrons. The molecule has 1 aliphatic rings. The summed E-state index contributed by atoms with van der Waals surface area (Å²) in [5.74, 6) is -1.20. The maximum Gasteiger partial charge on any atom is 1.00 e. The van der Waals surface area contributed by atoms with E-state index >= 15 is 0 Å². The fraction of sp³-hybridized carbons (Fsp3) is 0.727. The van der Waals surface area contributed by atoms with Gasteiger partial charge in [-0.2, -0.15) is 0 Å². The van der Waals surface area contributed by atoms with Crippen LogP contribution >= 0.6 is 0 Å². The molecular formula is C11H20BN2NaO5. The molecule has 0 bridgehead atoms. The molecule has 1 rings (SSSR count). The number of rotatable bonds is 4. The van der Waals surface area contributed by atoms with Crippen LogP contribution in [0.4, 0.5) is 0 Å². The largest absolute Gasteiger partial charge is 1.00 e. The Morgan fingerprint density at radius 1 is 1.40 bits per heavy atom. The number of hydrogen-bond acceptors (Lipinski definition) is 5. The molecule has 0 aliphatic carbocycles. The third-order valence-electron chi connectivity index (χ3n) is 3.33. The molecule has 9 heteroatoms. The molecule has 2 unspecified atom stereocenters. The van der Waals surface area contributed by atoms with Crippen LogP contribution in [0.25, 0.3) is 0 Å². The Balaban J connectivity index is 0. The molecule has 0 aromatic rings. The van der Waals surface area contributed by atoms with Gasteiger partial charge in [0.2, 0.25) is 5.91 Å². The summed E-state index contributed by atoms with van der Waals surface area (Å²) in [4.78, 5) is 27.1. The van der Waals surface area contributed by atoms with E-state index in [0.29, 0.717) is 6.42 Å². The van der Waals surface area contributed by atoms with Gasteiger partial charge >= 0.3 is 37.2 Å². The van der Waals surface area contributed by atoms with E-state index in [1.165, 1.54) is 0 Å². The molecular weight excluding hydrogens is 274 g/mol. The van der Waals surface area contributed by atoms with Crippen molar-refractivity contribution in [3.63, 3.8) is 0 Å². The van der Waals surface area contributed by atoms with Crippen LogP contribution < -0.4 is 40.0 Å². The second-order valence-electron chi connectivity index (χ2n) is 4.33. The molecule has 2 amide bonds. The van der Waals surface area contributed by atoms with Crippen molar-refractivity contribution >= 4 is 25.5 Å². The summed E-state index contributed by atoms with van der Waals surface area (Å²) in [5, 5.41) is 27.3. The van der Waals surface area contributed by atoms with Gasteiger partial charge < -0.3 is 20.5 Å². The van der Waals surface area contributed by atoms with E-state index in [9.17, 15) is 14.7 Å². The van der Waals surface area contributed by atoms with Gasteiger partial charge in [0.1, 0.15) is 5.41 Å². The van der Waals surface area contributed by atoms with Crippen LogP contribution in [0.15, 0.2) is 4.99 Å². The summed E-state index contributed by atoms with van der Waals surface area (Å²) in [6, 6.07) is -0.845. The molecule has 2 atom stereocenters. The topological polar surface area (TPSA) is 122 Å². The number of nitrogens with zero attached hydrogens (tertiary/aromatic N) is 1. The van der Waals surface area contributed by atoms with Crippen molar-refractivity contribution in [3.8, 4) is 0 Å². The second kappa shape index (κ2) is 10.3. The molecule has 1 aliphatic heterocycles. The van der Waals surface area contributed by atoms with E-state index < -0.39 is 30.9 Å². The summed E-state index contributed by atoms with van der Waals surface area (Å²) < 4.78 is 0. The second-order valence-corrected chi connectivity index (χ2v) is 4.33. The molecule has 0 saturated heterocycles. The Kier molecular flexibility index (Phi) is 11.3. The van der Waals surface area contributed by atoms with Crippen LogP contribution in [0.1, 0.15) is 40.0 Å². The zero-order chi connectivity index (χ0) is 15.1. The molecule has 0 saturated carbocycles. The number of amidine groups is 1. The van der Waals surface area contributed by atoms with Crippen molar-refractivity contribution in [1.82, 2.24) is 5.32 Å². The van der Waals surface area contributed by atoms with Crippen LogP contribution in [0.3, 0.4) is 0 Å². The van der Waals surface area contributed by atoms with E-state index in [1.807, 2.05) is 13.8 Å². The molecule has 20 heavy (non-hydrogen) atoms. The minimum atomic E-state index is -1.15. The van der Waals surface area contributed by atoms with Gasteiger partial charge in [-0.3, -0.25) is 9.59 Å². The van der Waals surface area contributed by atoms with Gasteiger partial charge in [-0.05, 0) is 18.8 Å². The summed E-state index contributed by atoms with van der Waals surface area (Å²) in [5.41, 5.74) is -1.15. The zero-order valence-corrected chi connectivity index (χ0v) is 14.5. The molecule has 0 aromatic carbocycles. The molecule has 0 fully saturated rings. The maximum absolute atomic E-state index is 11.9. The minimum absolute atomic E-state index is 0. The molecule has 3 N–H and O–H groups in total. The van der Waals surface area contributed by atoms with Gasteiger partial charge in [0, 0.05) is 0 Å². The van der Waals surface area contributed by atoms with Crippen molar-refractivity contribution in [2.24, 2.45) is 16.3 Å². The van der Waals surface area contributed by atoms with Gasteiger partial charge in [-0.1, -0.05) is 27.2 Å². The first-order valence-electron chi connectivity index (χ1n) is 6.23. The summed E-state index contributed by atoms with van der Waals surface area (Å²) >= 11 is 0. The Hall–Kier alpha value is -0.405. The van der Waals surface area contributed by atoms with E-state index in [-0.39, 0.29) is 35.5 Å². The SMILES string of the molecule is CCCC(C)C1(CC)C(=O)N=C([O-])NC1=O.OBO.[Na+]. The Labute approximate surface area is 141 Å². The fourth-order valence-electron chi connectivity index (χ4n) is 2.30. The first kappa shape index (κ1) is 21.9. The number of aliphatic imine (C=N–C) groups is 1. The van der Waals surface area contributed by atoms with Crippen LogP contribution in [-0.2, 0) is 9.59 Å². The average Bonchev–Trinajstić information content (AvgIpc) is 2.30. The van der Waals surface area contributed by atoms with E-state index in [0.717, 1.165) is 12.8 Å². The standard InChI is InChI=1S/C11H18N2O3.BH3O2.Na/c1-4-6-7(3)11(5-2)8(14)12-10(16)13-9(11)15;2-1-3;/h7H,4-6H2,1-3H3,(H2,12,13,14,15,16);1-3H;/q;;+1/p-1. The van der Waals surface area contributed by atoms with Crippen molar-refractivity contribution in [1.29, 1.82) is 0 Å². The summed E-state index contributed by atoms with van der Waals surface area (Å²) in [7, 11) is -0.750. The van der Waals surface area contributed by atoms with Gasteiger partial charge in [0.15, 0.2) is 0 Å². The zero-order valence-electron chi connectivity index (χ0n) is 12.5. The van der Waals surface area contributed by atoms with Crippen molar-refractivity contribution in [3.05, 3.63) is 0 Å². The predicted octanol–water partition coefficient (Wildman–Crippen LogP) is -4.57. The van der Waals surface area contributed by atoms with Crippen molar-refractivity contribution in [2.45, 2.75) is 40.0 Å². The van der Waals surface area contributed by atoms with Gasteiger partial charge in [0.05, 0.1) is 6.02 Å². The van der Waals surface area contributed by atoms with E-state index in [2.05, 4.69) is 10.3 Å². The quantitative estimate of drug-likeness (QED) is 0.356. The first-order valence-corrected chi connectivity index (χ1v) is 6.23. The van der Waals surface area contributed by atoms with Crippen LogP contribution in [0.5, 0.6) is 0 Å². The Morgan fingerprint density at radius 3 is 2.25 bits per heavy atom. The van der Waals surface area contributed by atoms with E-state index in [4.69, 9.17) is 10.0 Å². The van der Waals surface area contributed by atoms with Crippen LogP contribution in [0.2, 0.25) is 0 Å². The Morgan fingerprint density at radius 2 is 1.90 bits per heavy atom. The average molecular weight is 294 g/mol. The number of hydrogen-bond donors (Lipinski definition) is 3. The van der Waals surface area contributed by atoms with Crippen LogP contribution in [-0.4, -0.2) is 35.6 Å². The summed E-state index contributed by atoms with van der Waals surface area (Å²) in [6.45, 7) is 5.62. The molecule has 108 valence electrons. The number of nitrogens with one attached hydrogen (secondary N) is 1. The van der Waals surface area contributed by atoms with Crippen LogP contribution in [0, 0.1) is 11.3 Å².